The van der Waals surface area contributed by atoms with E-state index in [0.717, 1.165) is 25.2 Å². The van der Waals surface area contributed by atoms with E-state index in [9.17, 15) is 4.39 Å². The van der Waals surface area contributed by atoms with Crippen LogP contribution in [0, 0.1) is 12.7 Å². The summed E-state index contributed by atoms with van der Waals surface area (Å²) in [5.41, 5.74) is 2.64. The van der Waals surface area contributed by atoms with Gasteiger partial charge in [0.2, 0.25) is 0 Å². The molecule has 1 aliphatic carbocycles. The minimum Gasteiger partial charge on any atom is -0.311 e. The highest BCUT2D eigenvalue weighted by Crippen LogP contribution is 2.36. The highest BCUT2D eigenvalue weighted by Gasteiger charge is 2.41. The predicted octanol–water partition coefficient (Wildman–Crippen LogP) is 3.63. The molecule has 3 heteroatoms. The van der Waals surface area contributed by atoms with Crippen molar-refractivity contribution in [3.05, 3.63) is 35.1 Å². The summed E-state index contributed by atoms with van der Waals surface area (Å²) < 4.78 is 13.6. The number of hydrogen-bond acceptors (Lipinski definition) is 2. The van der Waals surface area contributed by atoms with Crippen LogP contribution in [0.25, 0.3) is 0 Å². The molecule has 1 aromatic carbocycles. The number of benzene rings is 1. The van der Waals surface area contributed by atoms with E-state index >= 15 is 0 Å². The standard InChI is InChI=1S/C18H27FN2/c1-14-6-7-17(19)10-16(14)12-21-11-15(2)20-13-18(21)8-4-3-5-9-18/h6-7,10,15,20H,3-5,8-9,11-13H2,1-2H3. The van der Waals surface area contributed by atoms with Gasteiger partial charge >= 0.3 is 0 Å². The minimum absolute atomic E-state index is 0.114. The second-order valence-electron chi connectivity index (χ2n) is 7.02. The second-order valence-corrected chi connectivity index (χ2v) is 7.02. The SMILES string of the molecule is Cc1ccc(F)cc1CN1CC(C)NCC12CCCCC2. The summed E-state index contributed by atoms with van der Waals surface area (Å²) in [4.78, 5) is 2.63. The van der Waals surface area contributed by atoms with Crippen LogP contribution in [0.3, 0.4) is 0 Å². The van der Waals surface area contributed by atoms with Gasteiger partial charge in [0.1, 0.15) is 5.82 Å². The number of hydrogen-bond donors (Lipinski definition) is 1. The molecule has 1 saturated carbocycles. The van der Waals surface area contributed by atoms with Crippen LogP contribution in [0.5, 0.6) is 0 Å². The summed E-state index contributed by atoms with van der Waals surface area (Å²) in [7, 11) is 0. The molecule has 116 valence electrons. The van der Waals surface area contributed by atoms with E-state index in [4.69, 9.17) is 0 Å². The molecule has 2 nitrogen and oxygen atoms in total. The van der Waals surface area contributed by atoms with Crippen LogP contribution in [0.1, 0.15) is 50.2 Å². The summed E-state index contributed by atoms with van der Waals surface area (Å²) in [6.45, 7) is 7.38. The van der Waals surface area contributed by atoms with Gasteiger partial charge < -0.3 is 5.32 Å². The van der Waals surface area contributed by atoms with Crippen molar-refractivity contribution in [2.24, 2.45) is 0 Å². The van der Waals surface area contributed by atoms with Gasteiger partial charge in [-0.1, -0.05) is 25.3 Å². The molecule has 1 aliphatic heterocycles. The fourth-order valence-electron chi connectivity index (χ4n) is 4.02. The molecular weight excluding hydrogens is 263 g/mol. The van der Waals surface area contributed by atoms with E-state index in [0.29, 0.717) is 11.6 Å². The molecule has 1 unspecified atom stereocenters. The lowest BCUT2D eigenvalue weighted by Gasteiger charge is -2.52. The second kappa shape index (κ2) is 6.05. The molecule has 1 aromatic rings. The van der Waals surface area contributed by atoms with Crippen molar-refractivity contribution in [2.75, 3.05) is 13.1 Å². The topological polar surface area (TPSA) is 15.3 Å². The lowest BCUT2D eigenvalue weighted by molar-refractivity contribution is 0.00600. The summed E-state index contributed by atoms with van der Waals surface area (Å²) in [6.07, 6.45) is 6.58. The van der Waals surface area contributed by atoms with Crippen LogP contribution in [-0.2, 0) is 6.54 Å². The Balaban J connectivity index is 1.84. The highest BCUT2D eigenvalue weighted by atomic mass is 19.1. The number of aryl methyl sites for hydroxylation is 1. The summed E-state index contributed by atoms with van der Waals surface area (Å²) in [5, 5.41) is 3.67. The van der Waals surface area contributed by atoms with Crippen LogP contribution < -0.4 is 5.32 Å². The van der Waals surface area contributed by atoms with Crippen molar-refractivity contribution < 1.29 is 4.39 Å². The first-order valence-electron chi connectivity index (χ1n) is 8.33. The Kier molecular flexibility index (Phi) is 4.32. The maximum Gasteiger partial charge on any atom is 0.123 e. The molecule has 1 heterocycles. The third-order valence-electron chi connectivity index (χ3n) is 5.40. The average Bonchev–Trinajstić information content (AvgIpc) is 2.48. The molecule has 2 aliphatic rings. The van der Waals surface area contributed by atoms with E-state index < -0.39 is 0 Å². The van der Waals surface area contributed by atoms with Gasteiger partial charge in [-0.05, 0) is 49.9 Å². The molecule has 21 heavy (non-hydrogen) atoms. The quantitative estimate of drug-likeness (QED) is 0.895. The summed E-state index contributed by atoms with van der Waals surface area (Å²) in [6, 6.07) is 5.71. The zero-order chi connectivity index (χ0) is 14.9. The number of halogens is 1. The third-order valence-corrected chi connectivity index (χ3v) is 5.40. The molecule has 1 N–H and O–H groups in total. The molecule has 1 saturated heterocycles. The van der Waals surface area contributed by atoms with Gasteiger partial charge in [-0.2, -0.15) is 0 Å². The molecule has 3 rings (SSSR count). The zero-order valence-electron chi connectivity index (χ0n) is 13.3. The van der Waals surface area contributed by atoms with Crippen molar-refractivity contribution in [3.63, 3.8) is 0 Å². The van der Waals surface area contributed by atoms with Gasteiger partial charge in [0, 0.05) is 31.2 Å². The zero-order valence-corrected chi connectivity index (χ0v) is 13.3. The first-order chi connectivity index (χ1) is 10.1. The predicted molar refractivity (Wildman–Crippen MR) is 84.8 cm³/mol. The Bertz CT molecular complexity index is 494. The van der Waals surface area contributed by atoms with Gasteiger partial charge in [-0.15, -0.1) is 0 Å². The third kappa shape index (κ3) is 3.14. The maximum absolute atomic E-state index is 13.6. The Hall–Kier alpha value is -0.930. The van der Waals surface area contributed by atoms with Crippen molar-refractivity contribution in [2.45, 2.75) is 64.1 Å². The van der Waals surface area contributed by atoms with Crippen molar-refractivity contribution in [1.82, 2.24) is 10.2 Å². The van der Waals surface area contributed by atoms with Crippen LogP contribution in [0.15, 0.2) is 18.2 Å². The lowest BCUT2D eigenvalue weighted by Crippen LogP contribution is -2.64. The molecule has 0 amide bonds. The fourth-order valence-corrected chi connectivity index (χ4v) is 4.02. The summed E-state index contributed by atoms with van der Waals surface area (Å²) in [5.74, 6) is -0.114. The van der Waals surface area contributed by atoms with Gasteiger partial charge in [-0.25, -0.2) is 4.39 Å². The number of nitrogens with zero attached hydrogens (tertiary/aromatic N) is 1. The van der Waals surface area contributed by atoms with Crippen molar-refractivity contribution >= 4 is 0 Å². The monoisotopic (exact) mass is 290 g/mol. The summed E-state index contributed by atoms with van der Waals surface area (Å²) >= 11 is 0. The largest absolute Gasteiger partial charge is 0.311 e. The molecule has 0 bridgehead atoms. The van der Waals surface area contributed by atoms with E-state index in [1.54, 1.807) is 12.1 Å². The van der Waals surface area contributed by atoms with Gasteiger partial charge in [-0.3, -0.25) is 4.90 Å². The van der Waals surface area contributed by atoms with Crippen molar-refractivity contribution in [1.29, 1.82) is 0 Å². The Morgan fingerprint density at radius 2 is 2.05 bits per heavy atom. The molecule has 2 fully saturated rings. The molecule has 1 spiro atoms. The first kappa shape index (κ1) is 15.0. The number of nitrogens with one attached hydrogen (secondary N) is 1. The van der Waals surface area contributed by atoms with Gasteiger partial charge in [0.15, 0.2) is 0 Å². The maximum atomic E-state index is 13.6. The van der Waals surface area contributed by atoms with Crippen molar-refractivity contribution in [3.8, 4) is 0 Å². The smallest absolute Gasteiger partial charge is 0.123 e. The first-order valence-corrected chi connectivity index (χ1v) is 8.33. The lowest BCUT2D eigenvalue weighted by atomic mass is 9.78. The van der Waals surface area contributed by atoms with E-state index in [2.05, 4.69) is 24.1 Å². The minimum atomic E-state index is -0.114. The molecular formula is C18H27FN2. The average molecular weight is 290 g/mol. The highest BCUT2D eigenvalue weighted by molar-refractivity contribution is 5.27. The number of rotatable bonds is 2. The van der Waals surface area contributed by atoms with E-state index in [-0.39, 0.29) is 5.82 Å². The Labute approximate surface area is 127 Å². The van der Waals surface area contributed by atoms with Crippen LogP contribution >= 0.6 is 0 Å². The molecule has 1 atom stereocenters. The van der Waals surface area contributed by atoms with Crippen LogP contribution in [-0.4, -0.2) is 29.6 Å². The van der Waals surface area contributed by atoms with Crippen LogP contribution in [0.2, 0.25) is 0 Å². The Morgan fingerprint density at radius 3 is 2.81 bits per heavy atom. The molecule has 0 aromatic heterocycles. The van der Waals surface area contributed by atoms with Crippen LogP contribution in [0.4, 0.5) is 4.39 Å². The Morgan fingerprint density at radius 1 is 1.29 bits per heavy atom. The van der Waals surface area contributed by atoms with E-state index in [1.807, 2.05) is 6.07 Å². The van der Waals surface area contributed by atoms with Gasteiger partial charge in [0.25, 0.3) is 0 Å². The molecule has 0 radical (unpaired) electrons. The fraction of sp³-hybridized carbons (Fsp3) is 0.667. The normalized spacial score (nSPS) is 26.1. The van der Waals surface area contributed by atoms with E-state index in [1.165, 1.54) is 37.7 Å². The number of piperazine rings is 1. The van der Waals surface area contributed by atoms with Gasteiger partial charge in [0.05, 0.1) is 0 Å².